The summed E-state index contributed by atoms with van der Waals surface area (Å²) < 4.78 is 61.7. The first-order valence-corrected chi connectivity index (χ1v) is 16.3. The average molecular weight is 545 g/mol. The van der Waals surface area contributed by atoms with E-state index in [9.17, 15) is 21.9 Å². The summed E-state index contributed by atoms with van der Waals surface area (Å²) in [4.78, 5) is 0.142. The monoisotopic (exact) mass is 544 g/mol. The standard InChI is InChI=1S/C26H44N2O6S2/c1-21(2)18-28(36(32,33)26-14-12-24(34-3)13-15-26)20-23(29)16-17-27(19-22-8-4-5-9-22)35(30,31)25-10-6-7-11-25/h12-15,21-23,25,29H,4-11,16-20H2,1-3H3/t23-/m0/s1. The lowest BCUT2D eigenvalue weighted by Crippen LogP contribution is -2.44. The van der Waals surface area contributed by atoms with Crippen molar-refractivity contribution in [1.29, 1.82) is 0 Å². The second-order valence-electron chi connectivity index (χ2n) is 10.8. The predicted octanol–water partition coefficient (Wildman–Crippen LogP) is 3.86. The molecule has 0 aliphatic heterocycles. The number of hydrogen-bond acceptors (Lipinski definition) is 6. The fourth-order valence-electron chi connectivity index (χ4n) is 5.39. The molecule has 2 fully saturated rings. The molecule has 36 heavy (non-hydrogen) atoms. The summed E-state index contributed by atoms with van der Waals surface area (Å²) in [6.07, 6.45) is 6.88. The van der Waals surface area contributed by atoms with Gasteiger partial charge in [-0.25, -0.2) is 21.1 Å². The third-order valence-corrected chi connectivity index (χ3v) is 11.6. The maximum absolute atomic E-state index is 13.4. The number of aliphatic hydroxyl groups excluding tert-OH is 1. The number of methoxy groups -OCH3 is 1. The lowest BCUT2D eigenvalue weighted by molar-refractivity contribution is 0.125. The molecule has 0 spiro atoms. The van der Waals surface area contributed by atoms with Crippen LogP contribution in [0, 0.1) is 11.8 Å². The normalized spacial score (nSPS) is 19.1. The van der Waals surface area contributed by atoms with Gasteiger partial charge in [0.2, 0.25) is 20.0 Å². The molecule has 2 aliphatic carbocycles. The highest BCUT2D eigenvalue weighted by Crippen LogP contribution is 2.31. The summed E-state index contributed by atoms with van der Waals surface area (Å²) in [5, 5.41) is 10.6. The first kappa shape index (κ1) is 29.4. The van der Waals surface area contributed by atoms with Gasteiger partial charge >= 0.3 is 0 Å². The Bertz CT molecular complexity index is 1020. The van der Waals surface area contributed by atoms with E-state index in [0.717, 1.165) is 38.5 Å². The third-order valence-electron chi connectivity index (χ3n) is 7.41. The number of hydrogen-bond donors (Lipinski definition) is 1. The largest absolute Gasteiger partial charge is 0.497 e. The molecule has 2 saturated carbocycles. The zero-order valence-corrected chi connectivity index (χ0v) is 23.6. The van der Waals surface area contributed by atoms with Gasteiger partial charge in [0.15, 0.2) is 0 Å². The number of nitrogens with zero attached hydrogens (tertiary/aromatic N) is 2. The predicted molar refractivity (Wildman–Crippen MR) is 142 cm³/mol. The molecule has 0 amide bonds. The minimum Gasteiger partial charge on any atom is -0.497 e. The van der Waals surface area contributed by atoms with Crippen LogP contribution < -0.4 is 4.74 Å². The molecule has 0 aromatic heterocycles. The topological polar surface area (TPSA) is 104 Å². The highest BCUT2D eigenvalue weighted by atomic mass is 32.2. The molecule has 8 nitrogen and oxygen atoms in total. The molecule has 1 aromatic rings. The van der Waals surface area contributed by atoms with E-state index in [0.29, 0.717) is 31.1 Å². The van der Waals surface area contributed by atoms with Crippen molar-refractivity contribution in [1.82, 2.24) is 8.61 Å². The Labute approximate surface area is 218 Å². The van der Waals surface area contributed by atoms with E-state index in [-0.39, 0.29) is 42.1 Å². The number of ether oxygens (including phenoxy) is 1. The molecule has 10 heteroatoms. The summed E-state index contributed by atoms with van der Waals surface area (Å²) in [7, 11) is -5.74. The van der Waals surface area contributed by atoms with Gasteiger partial charge in [-0.15, -0.1) is 0 Å². The van der Waals surface area contributed by atoms with Crippen LogP contribution in [-0.4, -0.2) is 75.2 Å². The molecular weight excluding hydrogens is 500 g/mol. The summed E-state index contributed by atoms with van der Waals surface area (Å²) in [5.74, 6) is 0.994. The van der Waals surface area contributed by atoms with Crippen LogP contribution in [0.2, 0.25) is 0 Å². The fourth-order valence-corrected chi connectivity index (χ4v) is 9.16. The van der Waals surface area contributed by atoms with Gasteiger partial charge in [0.25, 0.3) is 0 Å². The highest BCUT2D eigenvalue weighted by molar-refractivity contribution is 7.89. The van der Waals surface area contributed by atoms with Crippen LogP contribution in [0.1, 0.15) is 71.6 Å². The van der Waals surface area contributed by atoms with Crippen molar-refractivity contribution in [3.05, 3.63) is 24.3 Å². The van der Waals surface area contributed by atoms with Crippen molar-refractivity contribution >= 4 is 20.0 Å². The van der Waals surface area contributed by atoms with Crippen LogP contribution >= 0.6 is 0 Å². The summed E-state index contributed by atoms with van der Waals surface area (Å²) in [6.45, 7) is 4.77. The zero-order chi connectivity index (χ0) is 26.3. The summed E-state index contributed by atoms with van der Waals surface area (Å²) >= 11 is 0. The first-order valence-electron chi connectivity index (χ1n) is 13.3. The SMILES string of the molecule is COc1ccc(S(=O)(=O)N(CC(C)C)C[C@@H](O)CCN(CC2CCCC2)S(=O)(=O)C2CCCC2)cc1. The maximum atomic E-state index is 13.4. The molecule has 0 bridgehead atoms. The molecule has 1 atom stereocenters. The maximum Gasteiger partial charge on any atom is 0.243 e. The molecule has 1 N–H and O–H groups in total. The van der Waals surface area contributed by atoms with Crippen molar-refractivity contribution < 1.29 is 26.7 Å². The van der Waals surface area contributed by atoms with E-state index in [1.807, 2.05) is 13.8 Å². The smallest absolute Gasteiger partial charge is 0.243 e. The Morgan fingerprint density at radius 1 is 0.917 bits per heavy atom. The van der Waals surface area contributed by atoms with Crippen LogP contribution in [0.25, 0.3) is 0 Å². The van der Waals surface area contributed by atoms with E-state index in [4.69, 9.17) is 4.74 Å². The van der Waals surface area contributed by atoms with Gasteiger partial charge in [0, 0.05) is 26.2 Å². The van der Waals surface area contributed by atoms with Gasteiger partial charge < -0.3 is 9.84 Å². The average Bonchev–Trinajstić information content (AvgIpc) is 3.56. The number of rotatable bonds is 14. The molecule has 0 heterocycles. The second-order valence-corrected chi connectivity index (χ2v) is 14.9. The van der Waals surface area contributed by atoms with Crippen molar-refractivity contribution in [2.45, 2.75) is 87.9 Å². The van der Waals surface area contributed by atoms with Gasteiger partial charge in [-0.1, -0.05) is 39.5 Å². The summed E-state index contributed by atoms with van der Waals surface area (Å²) in [5.41, 5.74) is 0. The van der Waals surface area contributed by atoms with Crippen molar-refractivity contribution in [3.63, 3.8) is 0 Å². The summed E-state index contributed by atoms with van der Waals surface area (Å²) in [6, 6.07) is 6.22. The Morgan fingerprint density at radius 2 is 1.50 bits per heavy atom. The van der Waals surface area contributed by atoms with E-state index < -0.39 is 26.2 Å². The minimum absolute atomic E-state index is 0.0619. The third kappa shape index (κ3) is 7.66. The van der Waals surface area contributed by atoms with Crippen LogP contribution in [0.5, 0.6) is 5.75 Å². The second kappa shape index (κ2) is 13.0. The van der Waals surface area contributed by atoms with E-state index in [2.05, 4.69) is 0 Å². The molecule has 2 aliphatic rings. The van der Waals surface area contributed by atoms with E-state index >= 15 is 0 Å². The lowest BCUT2D eigenvalue weighted by atomic mass is 10.1. The zero-order valence-electron chi connectivity index (χ0n) is 22.0. The van der Waals surface area contributed by atoms with Crippen molar-refractivity contribution in [2.24, 2.45) is 11.8 Å². The molecule has 0 saturated heterocycles. The first-order chi connectivity index (χ1) is 17.0. The van der Waals surface area contributed by atoms with Gasteiger partial charge in [0.1, 0.15) is 5.75 Å². The quantitative estimate of drug-likeness (QED) is 0.381. The molecule has 0 unspecified atom stereocenters. The lowest BCUT2D eigenvalue weighted by Gasteiger charge is -2.30. The van der Waals surface area contributed by atoms with Gasteiger partial charge in [-0.3, -0.25) is 0 Å². The number of aliphatic hydroxyl groups is 1. The van der Waals surface area contributed by atoms with E-state index in [1.54, 1.807) is 16.4 Å². The van der Waals surface area contributed by atoms with E-state index in [1.165, 1.54) is 23.5 Å². The number of benzene rings is 1. The molecule has 0 radical (unpaired) electrons. The molecular formula is C26H44N2O6S2. The van der Waals surface area contributed by atoms with Gasteiger partial charge in [-0.2, -0.15) is 4.31 Å². The van der Waals surface area contributed by atoms with Crippen LogP contribution in [0.3, 0.4) is 0 Å². The van der Waals surface area contributed by atoms with Gasteiger partial charge in [0.05, 0.1) is 23.4 Å². The van der Waals surface area contributed by atoms with Gasteiger partial charge in [-0.05, 0) is 68.2 Å². The van der Waals surface area contributed by atoms with Crippen LogP contribution in [0.4, 0.5) is 0 Å². The molecule has 206 valence electrons. The highest BCUT2D eigenvalue weighted by Gasteiger charge is 2.36. The Morgan fingerprint density at radius 3 is 2.06 bits per heavy atom. The Balaban J connectivity index is 1.70. The van der Waals surface area contributed by atoms with Crippen LogP contribution in [0.15, 0.2) is 29.2 Å². The molecule has 3 rings (SSSR count). The van der Waals surface area contributed by atoms with Crippen molar-refractivity contribution in [2.75, 3.05) is 33.3 Å². The molecule has 1 aromatic carbocycles. The Kier molecular flexibility index (Phi) is 10.6. The number of sulfonamides is 2. The fraction of sp³-hybridized carbons (Fsp3) is 0.769. The Hall–Kier alpha value is -1.20. The minimum atomic E-state index is -3.83. The van der Waals surface area contributed by atoms with Crippen LogP contribution in [-0.2, 0) is 20.0 Å². The van der Waals surface area contributed by atoms with Crippen molar-refractivity contribution in [3.8, 4) is 5.75 Å².